The van der Waals surface area contributed by atoms with Crippen molar-refractivity contribution in [3.8, 4) is 0 Å². The Morgan fingerprint density at radius 2 is 1.75 bits per heavy atom. The van der Waals surface area contributed by atoms with Crippen LogP contribution in [-0.4, -0.2) is 21.2 Å². The molecular formula is C21H20N6O. The number of anilines is 3. The van der Waals surface area contributed by atoms with Gasteiger partial charge in [0.15, 0.2) is 5.82 Å². The van der Waals surface area contributed by atoms with E-state index in [0.717, 1.165) is 22.2 Å². The normalized spacial score (nSPS) is 11.8. The second-order valence-corrected chi connectivity index (χ2v) is 6.41. The molecule has 0 fully saturated rings. The third-order valence-electron chi connectivity index (χ3n) is 4.37. The van der Waals surface area contributed by atoms with Crippen LogP contribution in [0.1, 0.15) is 18.5 Å². The van der Waals surface area contributed by atoms with Crippen molar-refractivity contribution >= 4 is 34.3 Å². The van der Waals surface area contributed by atoms with Crippen LogP contribution in [0.15, 0.2) is 72.9 Å². The minimum absolute atomic E-state index is 0.112. The summed E-state index contributed by atoms with van der Waals surface area (Å²) in [6, 6.07) is 20.9. The van der Waals surface area contributed by atoms with Gasteiger partial charge in [-0.3, -0.25) is 10.4 Å². The van der Waals surface area contributed by atoms with Crippen LogP contribution in [0.3, 0.4) is 0 Å². The maximum atomic E-state index is 12.3. The van der Waals surface area contributed by atoms with E-state index >= 15 is 0 Å². The molecule has 7 nitrogen and oxygen atoms in total. The molecule has 0 saturated carbocycles. The number of carbonyl (C=O) groups is 1. The number of hydrogen-bond acceptors (Lipinski definition) is 4. The summed E-state index contributed by atoms with van der Waals surface area (Å²) in [7, 11) is 0. The lowest BCUT2D eigenvalue weighted by atomic mass is 10.1. The number of pyridine rings is 1. The molecule has 140 valence electrons. The van der Waals surface area contributed by atoms with Crippen LogP contribution in [0.4, 0.5) is 22.1 Å². The van der Waals surface area contributed by atoms with Gasteiger partial charge in [-0.15, -0.1) is 0 Å². The maximum Gasteiger partial charge on any atom is 0.320 e. The third kappa shape index (κ3) is 3.93. The zero-order chi connectivity index (χ0) is 19.3. The summed E-state index contributed by atoms with van der Waals surface area (Å²) in [6.07, 6.45) is 1.68. The van der Waals surface area contributed by atoms with E-state index in [-0.39, 0.29) is 12.1 Å². The molecule has 0 aliphatic rings. The van der Waals surface area contributed by atoms with Crippen molar-refractivity contribution in [3.63, 3.8) is 0 Å². The Hall–Kier alpha value is -3.87. The quantitative estimate of drug-likeness (QED) is 0.412. The Morgan fingerprint density at radius 1 is 1.04 bits per heavy atom. The highest BCUT2D eigenvalue weighted by Crippen LogP contribution is 2.24. The number of para-hydroxylation sites is 1. The van der Waals surface area contributed by atoms with Gasteiger partial charge < -0.3 is 10.6 Å². The molecule has 28 heavy (non-hydrogen) atoms. The monoisotopic (exact) mass is 372 g/mol. The van der Waals surface area contributed by atoms with Crippen molar-refractivity contribution in [2.75, 3.05) is 10.6 Å². The van der Waals surface area contributed by atoms with Crippen molar-refractivity contribution in [2.24, 2.45) is 0 Å². The van der Waals surface area contributed by atoms with Crippen molar-refractivity contribution in [2.45, 2.75) is 13.0 Å². The predicted octanol–water partition coefficient (Wildman–Crippen LogP) is 4.58. The second kappa shape index (κ2) is 7.79. The molecule has 1 atom stereocenters. The summed E-state index contributed by atoms with van der Waals surface area (Å²) < 4.78 is 0. The number of fused-ring (bicyclic) bond motifs is 1. The van der Waals surface area contributed by atoms with Crippen LogP contribution in [0.5, 0.6) is 0 Å². The summed E-state index contributed by atoms with van der Waals surface area (Å²) in [5.41, 5.74) is 2.75. The Labute approximate surface area is 162 Å². The van der Waals surface area contributed by atoms with E-state index in [2.05, 4.69) is 31.1 Å². The van der Waals surface area contributed by atoms with Crippen LogP contribution in [0.2, 0.25) is 0 Å². The molecule has 0 bridgehead atoms. The average molecular weight is 372 g/mol. The summed E-state index contributed by atoms with van der Waals surface area (Å²) in [5.74, 6) is 1.13. The minimum atomic E-state index is -0.314. The molecule has 0 radical (unpaired) electrons. The highest BCUT2D eigenvalue weighted by atomic mass is 16.2. The number of aromatic nitrogens is 3. The Kier molecular flexibility index (Phi) is 4.88. The number of carbonyl (C=O) groups excluding carboxylic acids is 1. The number of amides is 2. The number of hydrogen-bond donors (Lipinski definition) is 4. The summed E-state index contributed by atoms with van der Waals surface area (Å²) in [5, 5.41) is 17.0. The first kappa shape index (κ1) is 17.5. The molecule has 0 aliphatic heterocycles. The number of nitrogens with zero attached hydrogens (tertiary/aromatic N) is 2. The van der Waals surface area contributed by atoms with Crippen molar-refractivity contribution in [1.29, 1.82) is 0 Å². The van der Waals surface area contributed by atoms with E-state index in [1.165, 1.54) is 0 Å². The van der Waals surface area contributed by atoms with Gasteiger partial charge in [0.25, 0.3) is 0 Å². The zero-order valence-corrected chi connectivity index (χ0v) is 15.3. The first-order valence-corrected chi connectivity index (χ1v) is 8.98. The molecule has 0 aliphatic carbocycles. The molecule has 2 aromatic carbocycles. The lowest BCUT2D eigenvalue weighted by Gasteiger charge is -2.14. The van der Waals surface area contributed by atoms with Crippen molar-refractivity contribution in [1.82, 2.24) is 20.5 Å². The topological polar surface area (TPSA) is 94.7 Å². The Bertz CT molecular complexity index is 1080. The Morgan fingerprint density at radius 3 is 2.50 bits per heavy atom. The summed E-state index contributed by atoms with van der Waals surface area (Å²) >= 11 is 0. The van der Waals surface area contributed by atoms with E-state index in [4.69, 9.17) is 0 Å². The molecule has 7 heteroatoms. The predicted molar refractivity (Wildman–Crippen MR) is 111 cm³/mol. The van der Waals surface area contributed by atoms with Gasteiger partial charge in [0.2, 0.25) is 0 Å². The first-order valence-electron chi connectivity index (χ1n) is 8.98. The lowest BCUT2D eigenvalue weighted by Crippen LogP contribution is -2.31. The highest BCUT2D eigenvalue weighted by molar-refractivity contribution is 5.95. The molecule has 2 amide bonds. The molecule has 0 spiro atoms. The third-order valence-corrected chi connectivity index (χ3v) is 4.37. The number of nitrogens with one attached hydrogen (secondary N) is 4. The molecular weight excluding hydrogens is 352 g/mol. The number of aromatic amines is 1. The SMILES string of the molecule is C[C@@H](NC(=O)Nc1cc2[nH]nc(Nc3ccccc3)c2cn1)c1ccccc1. The smallest absolute Gasteiger partial charge is 0.320 e. The highest BCUT2D eigenvalue weighted by Gasteiger charge is 2.12. The van der Waals surface area contributed by atoms with Gasteiger partial charge in [-0.25, -0.2) is 9.78 Å². The second-order valence-electron chi connectivity index (χ2n) is 6.41. The fraction of sp³-hybridized carbons (Fsp3) is 0.0952. The van der Waals surface area contributed by atoms with Crippen LogP contribution in [-0.2, 0) is 0 Å². The Balaban J connectivity index is 1.44. The minimum Gasteiger partial charge on any atom is -0.338 e. The molecule has 2 heterocycles. The molecule has 4 rings (SSSR count). The number of benzene rings is 2. The fourth-order valence-corrected chi connectivity index (χ4v) is 2.91. The van der Waals surface area contributed by atoms with Gasteiger partial charge >= 0.3 is 6.03 Å². The van der Waals surface area contributed by atoms with Crippen LogP contribution >= 0.6 is 0 Å². The number of H-pyrrole nitrogens is 1. The van der Waals surface area contributed by atoms with Crippen molar-refractivity contribution < 1.29 is 4.79 Å². The standard InChI is InChI=1S/C21H20N6O/c1-14(15-8-4-2-5-9-15)23-21(28)25-19-12-18-17(13-22-19)20(27-26-18)24-16-10-6-3-7-11-16/h2-14H,1H3,(H2,24,26,27)(H2,22,23,25,28)/t14-/m1/s1. The van der Waals surface area contributed by atoms with Gasteiger partial charge in [-0.05, 0) is 24.6 Å². The maximum absolute atomic E-state index is 12.3. The first-order chi connectivity index (χ1) is 13.7. The number of urea groups is 1. The largest absolute Gasteiger partial charge is 0.338 e. The van der Waals surface area contributed by atoms with Gasteiger partial charge in [-0.1, -0.05) is 48.5 Å². The molecule has 2 aromatic heterocycles. The van der Waals surface area contributed by atoms with Crippen LogP contribution in [0, 0.1) is 0 Å². The summed E-state index contributed by atoms with van der Waals surface area (Å²) in [4.78, 5) is 16.6. The molecule has 0 unspecified atom stereocenters. The lowest BCUT2D eigenvalue weighted by molar-refractivity contribution is 0.249. The van der Waals surface area contributed by atoms with E-state index < -0.39 is 0 Å². The number of rotatable bonds is 5. The van der Waals surface area contributed by atoms with Gasteiger partial charge in [0.05, 0.1) is 16.9 Å². The van der Waals surface area contributed by atoms with E-state index in [1.54, 1.807) is 12.3 Å². The van der Waals surface area contributed by atoms with E-state index in [0.29, 0.717) is 11.6 Å². The molecule has 4 aromatic rings. The van der Waals surface area contributed by atoms with E-state index in [1.807, 2.05) is 67.6 Å². The van der Waals surface area contributed by atoms with Gasteiger partial charge in [-0.2, -0.15) is 5.10 Å². The molecule has 0 saturated heterocycles. The summed E-state index contributed by atoms with van der Waals surface area (Å²) in [6.45, 7) is 1.93. The van der Waals surface area contributed by atoms with Crippen LogP contribution in [0.25, 0.3) is 10.9 Å². The van der Waals surface area contributed by atoms with E-state index in [9.17, 15) is 4.79 Å². The van der Waals surface area contributed by atoms with Crippen LogP contribution < -0.4 is 16.0 Å². The molecule has 4 N–H and O–H groups in total. The van der Waals surface area contributed by atoms with Gasteiger partial charge in [0.1, 0.15) is 5.82 Å². The van der Waals surface area contributed by atoms with Crippen molar-refractivity contribution in [3.05, 3.63) is 78.5 Å². The average Bonchev–Trinajstić information content (AvgIpc) is 3.11. The zero-order valence-electron chi connectivity index (χ0n) is 15.3. The fourth-order valence-electron chi connectivity index (χ4n) is 2.91. The van der Waals surface area contributed by atoms with Gasteiger partial charge in [0, 0.05) is 18.0 Å².